The Kier molecular flexibility index (Phi) is 6.89. The van der Waals surface area contributed by atoms with Gasteiger partial charge in [0.25, 0.3) is 0 Å². The van der Waals surface area contributed by atoms with Crippen LogP contribution in [0, 0.1) is 13.8 Å². The summed E-state index contributed by atoms with van der Waals surface area (Å²) in [6, 6.07) is 13.6. The molecule has 1 N–H and O–H groups in total. The second-order valence-electron chi connectivity index (χ2n) is 11.1. The van der Waals surface area contributed by atoms with Gasteiger partial charge in [-0.2, -0.15) is 0 Å². The minimum atomic E-state index is -0.391. The van der Waals surface area contributed by atoms with Gasteiger partial charge in [0.05, 0.1) is 25.4 Å². The molecule has 2 atom stereocenters. The number of nitrogens with zero attached hydrogens (tertiary/aromatic N) is 2. The summed E-state index contributed by atoms with van der Waals surface area (Å²) in [5, 5.41) is 7.54. The summed E-state index contributed by atoms with van der Waals surface area (Å²) < 4.78 is 17.2. The number of ether oxygens (including phenoxy) is 2. The molecule has 39 heavy (non-hydrogen) atoms. The third kappa shape index (κ3) is 5.05. The Labute approximate surface area is 228 Å². The number of hydrogen-bond donors (Lipinski definition) is 1. The first-order valence-electron chi connectivity index (χ1n) is 13.9. The van der Waals surface area contributed by atoms with E-state index in [-0.39, 0.29) is 24.2 Å². The molecule has 1 aliphatic carbocycles. The molecular formula is C31H35N3O5. The van der Waals surface area contributed by atoms with Crippen LogP contribution in [-0.4, -0.2) is 47.4 Å². The number of amides is 2. The maximum atomic E-state index is 13.3. The van der Waals surface area contributed by atoms with E-state index in [1.54, 1.807) is 18.2 Å². The Bertz CT molecular complexity index is 1380. The minimum absolute atomic E-state index is 0.0827. The number of carbonyl (C=O) groups is 2. The van der Waals surface area contributed by atoms with Crippen molar-refractivity contribution in [1.29, 1.82) is 0 Å². The molecule has 2 bridgehead atoms. The first-order chi connectivity index (χ1) is 18.9. The zero-order valence-corrected chi connectivity index (χ0v) is 22.7. The Hall–Kier alpha value is -3.65. The van der Waals surface area contributed by atoms with Crippen molar-refractivity contribution in [2.75, 3.05) is 12.4 Å². The summed E-state index contributed by atoms with van der Waals surface area (Å²) in [6.07, 6.45) is 5.94. The number of rotatable bonds is 7. The first-order valence-corrected chi connectivity index (χ1v) is 13.9. The van der Waals surface area contributed by atoms with Crippen LogP contribution in [-0.2, 0) is 16.1 Å². The molecule has 0 spiro atoms. The zero-order valence-electron chi connectivity index (χ0n) is 22.7. The summed E-state index contributed by atoms with van der Waals surface area (Å²) in [4.78, 5) is 27.2. The minimum Gasteiger partial charge on any atom is -0.465 e. The Morgan fingerprint density at radius 3 is 2.44 bits per heavy atom. The number of esters is 1. The van der Waals surface area contributed by atoms with Gasteiger partial charge >= 0.3 is 12.0 Å². The van der Waals surface area contributed by atoms with Gasteiger partial charge in [0.2, 0.25) is 0 Å². The largest absolute Gasteiger partial charge is 0.465 e. The van der Waals surface area contributed by atoms with Gasteiger partial charge in [0.1, 0.15) is 11.5 Å². The van der Waals surface area contributed by atoms with Crippen LogP contribution in [0.25, 0.3) is 11.3 Å². The number of urea groups is 1. The van der Waals surface area contributed by atoms with Gasteiger partial charge in [0.15, 0.2) is 0 Å². The van der Waals surface area contributed by atoms with Gasteiger partial charge in [0, 0.05) is 34.8 Å². The summed E-state index contributed by atoms with van der Waals surface area (Å²) in [5.41, 5.74) is 6.22. The fourth-order valence-corrected chi connectivity index (χ4v) is 6.20. The third-order valence-electron chi connectivity index (χ3n) is 8.44. The molecule has 3 aliphatic rings. The Morgan fingerprint density at radius 1 is 1.03 bits per heavy atom. The second-order valence-corrected chi connectivity index (χ2v) is 11.1. The number of fused-ring (bicyclic) bond motifs is 2. The lowest BCUT2D eigenvalue weighted by atomic mass is 9.99. The van der Waals surface area contributed by atoms with E-state index < -0.39 is 5.97 Å². The van der Waals surface area contributed by atoms with Gasteiger partial charge in [-0.3, -0.25) is 0 Å². The fourth-order valence-electron chi connectivity index (χ4n) is 6.20. The van der Waals surface area contributed by atoms with Crippen molar-refractivity contribution in [3.05, 3.63) is 70.5 Å². The fraction of sp³-hybridized carbons (Fsp3) is 0.452. The number of nitrogens with one attached hydrogen (secondary N) is 1. The number of hydrogen-bond acceptors (Lipinski definition) is 6. The number of benzene rings is 2. The molecule has 2 aliphatic heterocycles. The number of carbonyl (C=O) groups excluding carboxylic acids is 2. The van der Waals surface area contributed by atoms with Crippen LogP contribution in [0.2, 0.25) is 0 Å². The Balaban J connectivity index is 1.12. The van der Waals surface area contributed by atoms with E-state index in [2.05, 4.69) is 29.5 Å². The molecule has 2 amide bonds. The smallest absolute Gasteiger partial charge is 0.337 e. The summed E-state index contributed by atoms with van der Waals surface area (Å²) in [7, 11) is 1.36. The van der Waals surface area contributed by atoms with Crippen molar-refractivity contribution in [2.24, 2.45) is 0 Å². The van der Waals surface area contributed by atoms with Gasteiger partial charge in [-0.1, -0.05) is 29.4 Å². The van der Waals surface area contributed by atoms with E-state index in [0.717, 1.165) is 66.7 Å². The normalized spacial score (nSPS) is 22.1. The van der Waals surface area contributed by atoms with Gasteiger partial charge < -0.3 is 24.2 Å². The van der Waals surface area contributed by atoms with Gasteiger partial charge in [-0.05, 0) is 81.7 Å². The molecule has 0 radical (unpaired) electrons. The van der Waals surface area contributed by atoms with E-state index in [0.29, 0.717) is 23.8 Å². The van der Waals surface area contributed by atoms with E-state index >= 15 is 0 Å². The predicted molar refractivity (Wildman–Crippen MR) is 147 cm³/mol. The number of piperidine rings is 1. The van der Waals surface area contributed by atoms with E-state index in [4.69, 9.17) is 14.0 Å². The molecule has 3 heterocycles. The van der Waals surface area contributed by atoms with Gasteiger partial charge in [-0.15, -0.1) is 0 Å². The van der Waals surface area contributed by atoms with Crippen LogP contribution in [0.15, 0.2) is 47.0 Å². The molecule has 2 aromatic carbocycles. The lowest BCUT2D eigenvalue weighted by Gasteiger charge is -2.38. The van der Waals surface area contributed by atoms with Crippen LogP contribution < -0.4 is 5.32 Å². The van der Waals surface area contributed by atoms with E-state index in [1.807, 2.05) is 24.0 Å². The van der Waals surface area contributed by atoms with Gasteiger partial charge in [-0.25, -0.2) is 9.59 Å². The highest BCUT2D eigenvalue weighted by Gasteiger charge is 2.44. The highest BCUT2D eigenvalue weighted by Crippen LogP contribution is 2.45. The number of aromatic nitrogens is 1. The number of methoxy groups -OCH3 is 1. The number of anilines is 1. The highest BCUT2D eigenvalue weighted by molar-refractivity contribution is 5.93. The molecular weight excluding hydrogens is 494 g/mol. The average Bonchev–Trinajstić information content (AvgIpc) is 3.64. The highest BCUT2D eigenvalue weighted by atomic mass is 16.5. The molecule has 3 aromatic rings. The lowest BCUT2D eigenvalue weighted by molar-refractivity contribution is -0.0158. The molecule has 1 saturated carbocycles. The van der Waals surface area contributed by atoms with E-state index in [1.165, 1.54) is 12.7 Å². The topological polar surface area (TPSA) is 93.9 Å². The Morgan fingerprint density at radius 2 is 1.77 bits per heavy atom. The maximum Gasteiger partial charge on any atom is 0.337 e. The lowest BCUT2D eigenvalue weighted by Crippen LogP contribution is -2.50. The van der Waals surface area contributed by atoms with Crippen molar-refractivity contribution in [3.63, 3.8) is 0 Å². The van der Waals surface area contributed by atoms with E-state index in [9.17, 15) is 9.59 Å². The molecule has 2 saturated heterocycles. The van der Waals surface area contributed by atoms with Crippen LogP contribution in [0.4, 0.5) is 10.5 Å². The van der Waals surface area contributed by atoms with Crippen LogP contribution in [0.1, 0.15) is 77.3 Å². The molecule has 1 aromatic heterocycles. The molecule has 6 rings (SSSR count). The number of aryl methyl sites for hydroxylation is 2. The molecule has 8 heteroatoms. The average molecular weight is 530 g/mol. The van der Waals surface area contributed by atoms with Crippen molar-refractivity contribution in [2.45, 2.75) is 83.1 Å². The summed E-state index contributed by atoms with van der Waals surface area (Å²) >= 11 is 0. The molecule has 204 valence electrons. The SMILES string of the molecule is COC(=O)c1ccc(NC(=O)N2C3CCC2CC(OCc2c(-c4ccccc4C)noc2C2CC2)C3)c(C)c1. The summed E-state index contributed by atoms with van der Waals surface area (Å²) in [6.45, 7) is 4.45. The standard InChI is InChI=1S/C31H35N3O5/c1-18-6-4-5-7-25(18)28-26(29(39-33-28)20-8-9-20)17-38-24-15-22-11-12-23(16-24)34(22)31(36)32-27-13-10-21(14-19(27)2)30(35)37-3/h4-7,10,13-14,20,22-24H,8-9,11-12,15-17H2,1-3H3,(H,32,36). The first kappa shape index (κ1) is 25.6. The quantitative estimate of drug-likeness (QED) is 0.358. The van der Waals surface area contributed by atoms with Crippen molar-refractivity contribution in [1.82, 2.24) is 10.1 Å². The molecule has 3 fully saturated rings. The van der Waals surface area contributed by atoms with Crippen molar-refractivity contribution in [3.8, 4) is 11.3 Å². The molecule has 8 nitrogen and oxygen atoms in total. The third-order valence-corrected chi connectivity index (χ3v) is 8.44. The van der Waals surface area contributed by atoms with Crippen molar-refractivity contribution < 1.29 is 23.6 Å². The van der Waals surface area contributed by atoms with Crippen LogP contribution in [0.5, 0.6) is 0 Å². The van der Waals surface area contributed by atoms with Crippen LogP contribution in [0.3, 0.4) is 0 Å². The monoisotopic (exact) mass is 529 g/mol. The summed E-state index contributed by atoms with van der Waals surface area (Å²) in [5.74, 6) is 1.03. The molecule has 2 unspecified atom stereocenters. The second kappa shape index (κ2) is 10.5. The van der Waals surface area contributed by atoms with Crippen molar-refractivity contribution >= 4 is 17.7 Å². The maximum absolute atomic E-state index is 13.3. The zero-order chi connectivity index (χ0) is 27.1. The van der Waals surface area contributed by atoms with Crippen LogP contribution >= 0.6 is 0 Å². The predicted octanol–water partition coefficient (Wildman–Crippen LogP) is 6.37.